The van der Waals surface area contributed by atoms with Crippen molar-refractivity contribution >= 4 is 28.8 Å². The van der Waals surface area contributed by atoms with Crippen molar-refractivity contribution in [1.82, 2.24) is 15.2 Å². The Balaban J connectivity index is 1.39. The van der Waals surface area contributed by atoms with Gasteiger partial charge in [0.15, 0.2) is 0 Å². The molecule has 1 fully saturated rings. The summed E-state index contributed by atoms with van der Waals surface area (Å²) in [6.07, 6.45) is 2.04. The average Bonchev–Trinajstić information content (AvgIpc) is 3.09. The molecule has 1 aromatic carbocycles. The molecule has 0 spiro atoms. The standard InChI is InChI=1S/C20H26ClN3O3S/c1-15-19(20(25)22-8-2-3-9-24-10-12-26-13-11-24)28-18(23-15)14-27-17-6-4-16(21)5-7-17/h4-7H,2-3,8-14H2,1H3,(H,22,25). The van der Waals surface area contributed by atoms with Gasteiger partial charge in [0.2, 0.25) is 0 Å². The second-order valence-electron chi connectivity index (χ2n) is 6.68. The summed E-state index contributed by atoms with van der Waals surface area (Å²) < 4.78 is 11.1. The summed E-state index contributed by atoms with van der Waals surface area (Å²) in [5.41, 5.74) is 0.741. The largest absolute Gasteiger partial charge is 0.486 e. The molecule has 0 saturated carbocycles. The molecule has 1 aliphatic heterocycles. The lowest BCUT2D eigenvalue weighted by atomic mass is 10.2. The molecule has 1 aromatic heterocycles. The van der Waals surface area contributed by atoms with Crippen LogP contribution in [0.4, 0.5) is 0 Å². The van der Waals surface area contributed by atoms with Crippen molar-refractivity contribution in [2.75, 3.05) is 39.4 Å². The predicted molar refractivity (Wildman–Crippen MR) is 111 cm³/mol. The Bertz CT molecular complexity index is 761. The van der Waals surface area contributed by atoms with Crippen LogP contribution in [0.5, 0.6) is 5.75 Å². The Kier molecular flexibility index (Phi) is 8.09. The minimum absolute atomic E-state index is 0.0564. The molecule has 0 bridgehead atoms. The van der Waals surface area contributed by atoms with E-state index in [1.165, 1.54) is 11.3 Å². The quantitative estimate of drug-likeness (QED) is 0.625. The third-order valence-electron chi connectivity index (χ3n) is 4.51. The normalized spacial score (nSPS) is 14.8. The topological polar surface area (TPSA) is 63.7 Å². The van der Waals surface area contributed by atoms with Crippen molar-refractivity contribution in [3.8, 4) is 5.75 Å². The average molecular weight is 424 g/mol. The van der Waals surface area contributed by atoms with E-state index in [4.69, 9.17) is 21.1 Å². The highest BCUT2D eigenvalue weighted by atomic mass is 35.5. The lowest BCUT2D eigenvalue weighted by Crippen LogP contribution is -2.37. The molecule has 0 radical (unpaired) electrons. The second kappa shape index (κ2) is 10.8. The van der Waals surface area contributed by atoms with E-state index in [1.54, 1.807) is 12.1 Å². The van der Waals surface area contributed by atoms with Crippen LogP contribution in [0.3, 0.4) is 0 Å². The van der Waals surface area contributed by atoms with Crippen LogP contribution in [0.2, 0.25) is 5.02 Å². The highest BCUT2D eigenvalue weighted by Gasteiger charge is 2.15. The third-order valence-corrected chi connectivity index (χ3v) is 5.90. The lowest BCUT2D eigenvalue weighted by molar-refractivity contribution is 0.0372. The van der Waals surface area contributed by atoms with E-state index in [0.29, 0.717) is 23.1 Å². The van der Waals surface area contributed by atoms with Crippen molar-refractivity contribution in [1.29, 1.82) is 0 Å². The molecule has 8 heteroatoms. The molecular formula is C20H26ClN3O3S. The molecule has 2 aromatic rings. The molecule has 1 saturated heterocycles. The van der Waals surface area contributed by atoms with Gasteiger partial charge in [-0.05, 0) is 50.6 Å². The SMILES string of the molecule is Cc1nc(COc2ccc(Cl)cc2)sc1C(=O)NCCCCN1CCOCC1. The van der Waals surface area contributed by atoms with Gasteiger partial charge in [-0.15, -0.1) is 11.3 Å². The minimum atomic E-state index is -0.0564. The predicted octanol–water partition coefficient (Wildman–Crippen LogP) is 3.53. The monoisotopic (exact) mass is 423 g/mol. The van der Waals surface area contributed by atoms with E-state index in [1.807, 2.05) is 19.1 Å². The van der Waals surface area contributed by atoms with Gasteiger partial charge >= 0.3 is 0 Å². The molecule has 2 heterocycles. The first-order valence-corrected chi connectivity index (χ1v) is 10.7. The van der Waals surface area contributed by atoms with Gasteiger partial charge in [0.25, 0.3) is 5.91 Å². The Hall–Kier alpha value is -1.67. The van der Waals surface area contributed by atoms with Gasteiger partial charge in [0.05, 0.1) is 18.9 Å². The van der Waals surface area contributed by atoms with E-state index in [9.17, 15) is 4.79 Å². The molecule has 1 amide bonds. The number of carbonyl (C=O) groups excluding carboxylic acids is 1. The number of aromatic nitrogens is 1. The Morgan fingerprint density at radius 3 is 2.79 bits per heavy atom. The van der Waals surface area contributed by atoms with Crippen LogP contribution in [0.15, 0.2) is 24.3 Å². The smallest absolute Gasteiger partial charge is 0.263 e. The zero-order chi connectivity index (χ0) is 19.8. The summed E-state index contributed by atoms with van der Waals surface area (Å²) in [5.74, 6) is 0.669. The molecule has 28 heavy (non-hydrogen) atoms. The Morgan fingerprint density at radius 2 is 2.04 bits per heavy atom. The first-order chi connectivity index (χ1) is 13.6. The fourth-order valence-electron chi connectivity index (χ4n) is 2.97. The summed E-state index contributed by atoms with van der Waals surface area (Å²) in [7, 11) is 0. The maximum Gasteiger partial charge on any atom is 0.263 e. The van der Waals surface area contributed by atoms with E-state index in [2.05, 4.69) is 15.2 Å². The number of thiazole rings is 1. The van der Waals surface area contributed by atoms with Gasteiger partial charge in [-0.2, -0.15) is 0 Å². The fourth-order valence-corrected chi connectivity index (χ4v) is 3.99. The van der Waals surface area contributed by atoms with Gasteiger partial charge in [-0.25, -0.2) is 4.98 Å². The second-order valence-corrected chi connectivity index (χ2v) is 8.20. The summed E-state index contributed by atoms with van der Waals surface area (Å²) in [6, 6.07) is 7.19. The van der Waals surface area contributed by atoms with Crippen LogP contribution in [-0.2, 0) is 11.3 Å². The summed E-state index contributed by atoms with van der Waals surface area (Å²) in [4.78, 5) is 20.0. The molecular weight excluding hydrogens is 398 g/mol. The van der Waals surface area contributed by atoms with E-state index in [-0.39, 0.29) is 5.91 Å². The number of morpholine rings is 1. The van der Waals surface area contributed by atoms with Gasteiger partial charge in [-0.1, -0.05) is 11.6 Å². The Morgan fingerprint density at radius 1 is 1.29 bits per heavy atom. The summed E-state index contributed by atoms with van der Waals surface area (Å²) in [5, 5.41) is 4.45. The molecule has 1 N–H and O–H groups in total. The Labute approximate surface area is 174 Å². The first-order valence-electron chi connectivity index (χ1n) is 9.55. The van der Waals surface area contributed by atoms with Crippen molar-refractivity contribution < 1.29 is 14.3 Å². The highest BCUT2D eigenvalue weighted by Crippen LogP contribution is 2.21. The van der Waals surface area contributed by atoms with Gasteiger partial charge in [-0.3, -0.25) is 9.69 Å². The van der Waals surface area contributed by atoms with Gasteiger partial charge in [0.1, 0.15) is 22.2 Å². The van der Waals surface area contributed by atoms with E-state index >= 15 is 0 Å². The van der Waals surface area contributed by atoms with E-state index in [0.717, 1.165) is 62.1 Å². The van der Waals surface area contributed by atoms with Crippen molar-refractivity contribution in [2.24, 2.45) is 0 Å². The zero-order valence-electron chi connectivity index (χ0n) is 16.1. The maximum absolute atomic E-state index is 12.4. The number of nitrogens with one attached hydrogen (secondary N) is 1. The van der Waals surface area contributed by atoms with E-state index < -0.39 is 0 Å². The molecule has 3 rings (SSSR count). The van der Waals surface area contributed by atoms with Crippen LogP contribution >= 0.6 is 22.9 Å². The molecule has 0 atom stereocenters. The number of amides is 1. The van der Waals surface area contributed by atoms with Crippen molar-refractivity contribution in [3.63, 3.8) is 0 Å². The molecule has 6 nitrogen and oxygen atoms in total. The van der Waals surface area contributed by atoms with Crippen LogP contribution in [0, 0.1) is 6.92 Å². The number of rotatable bonds is 9. The van der Waals surface area contributed by atoms with Crippen LogP contribution < -0.4 is 10.1 Å². The fraction of sp³-hybridized carbons (Fsp3) is 0.500. The zero-order valence-corrected chi connectivity index (χ0v) is 17.7. The number of halogens is 1. The number of hydrogen-bond donors (Lipinski definition) is 1. The molecule has 0 unspecified atom stereocenters. The molecule has 0 aliphatic carbocycles. The number of ether oxygens (including phenoxy) is 2. The van der Waals surface area contributed by atoms with Crippen LogP contribution in [0.25, 0.3) is 0 Å². The molecule has 1 aliphatic rings. The number of hydrogen-bond acceptors (Lipinski definition) is 6. The van der Waals surface area contributed by atoms with Crippen LogP contribution in [-0.4, -0.2) is 55.2 Å². The lowest BCUT2D eigenvalue weighted by Gasteiger charge is -2.26. The summed E-state index contributed by atoms with van der Waals surface area (Å²) in [6.45, 7) is 7.59. The third kappa shape index (κ3) is 6.44. The van der Waals surface area contributed by atoms with Crippen molar-refractivity contribution in [2.45, 2.75) is 26.4 Å². The number of aryl methyl sites for hydroxylation is 1. The molecule has 152 valence electrons. The number of carbonyl (C=O) groups is 1. The van der Waals surface area contributed by atoms with Gasteiger partial charge < -0.3 is 14.8 Å². The summed E-state index contributed by atoms with van der Waals surface area (Å²) >= 11 is 7.25. The van der Waals surface area contributed by atoms with Crippen LogP contribution in [0.1, 0.15) is 33.2 Å². The number of nitrogens with zero attached hydrogens (tertiary/aromatic N) is 2. The van der Waals surface area contributed by atoms with Gasteiger partial charge in [0, 0.05) is 24.7 Å². The van der Waals surface area contributed by atoms with Crippen molar-refractivity contribution in [3.05, 3.63) is 44.9 Å². The number of unbranched alkanes of at least 4 members (excludes halogenated alkanes) is 1. The first kappa shape index (κ1) is 21.0. The minimum Gasteiger partial charge on any atom is -0.486 e. The number of benzene rings is 1. The highest BCUT2D eigenvalue weighted by molar-refractivity contribution is 7.13. The maximum atomic E-state index is 12.4.